The van der Waals surface area contributed by atoms with Crippen LogP contribution in [0.2, 0.25) is 5.02 Å². The number of halogens is 1. The summed E-state index contributed by atoms with van der Waals surface area (Å²) in [5.41, 5.74) is 2.44. The Labute approximate surface area is 124 Å². The lowest BCUT2D eigenvalue weighted by atomic mass is 10.0. The third kappa shape index (κ3) is 3.48. The summed E-state index contributed by atoms with van der Waals surface area (Å²) < 4.78 is 1.91. The molecular formula is C16H19ClN2O. The second-order valence-corrected chi connectivity index (χ2v) is 5.60. The van der Waals surface area contributed by atoms with Crippen molar-refractivity contribution in [3.63, 3.8) is 0 Å². The molecule has 0 spiro atoms. The molecule has 20 heavy (non-hydrogen) atoms. The van der Waals surface area contributed by atoms with Gasteiger partial charge in [0, 0.05) is 22.8 Å². The Kier molecular flexibility index (Phi) is 4.61. The van der Waals surface area contributed by atoms with Crippen molar-refractivity contribution in [1.29, 1.82) is 0 Å². The van der Waals surface area contributed by atoms with Crippen molar-refractivity contribution < 1.29 is 4.79 Å². The van der Waals surface area contributed by atoms with Gasteiger partial charge in [-0.25, -0.2) is 0 Å². The van der Waals surface area contributed by atoms with Gasteiger partial charge in [-0.3, -0.25) is 9.48 Å². The van der Waals surface area contributed by atoms with Gasteiger partial charge >= 0.3 is 0 Å². The number of hydrogen-bond acceptors (Lipinski definition) is 2. The van der Waals surface area contributed by atoms with Gasteiger partial charge < -0.3 is 0 Å². The molecule has 1 heterocycles. The van der Waals surface area contributed by atoms with E-state index in [2.05, 4.69) is 18.9 Å². The maximum atomic E-state index is 12.3. The number of aromatic nitrogens is 2. The molecule has 0 aliphatic rings. The normalized spacial score (nSPS) is 12.4. The molecule has 4 heteroatoms. The quantitative estimate of drug-likeness (QED) is 0.772. The number of carbonyl (C=O) groups is 1. The minimum atomic E-state index is 0.0463. The minimum Gasteiger partial charge on any atom is -0.294 e. The van der Waals surface area contributed by atoms with E-state index in [0.717, 1.165) is 17.7 Å². The maximum Gasteiger partial charge on any atom is 0.168 e. The van der Waals surface area contributed by atoms with Crippen molar-refractivity contribution in [3.8, 4) is 0 Å². The van der Waals surface area contributed by atoms with Crippen LogP contribution < -0.4 is 0 Å². The molecule has 0 amide bonds. The summed E-state index contributed by atoms with van der Waals surface area (Å²) in [7, 11) is 0. The van der Waals surface area contributed by atoms with E-state index >= 15 is 0 Å². The van der Waals surface area contributed by atoms with Gasteiger partial charge in [0.1, 0.15) is 0 Å². The fraction of sp³-hybridized carbons (Fsp3) is 0.375. The zero-order chi connectivity index (χ0) is 14.7. The third-order valence-electron chi connectivity index (χ3n) is 3.41. The van der Waals surface area contributed by atoms with E-state index < -0.39 is 0 Å². The summed E-state index contributed by atoms with van der Waals surface area (Å²) in [6, 6.07) is 7.67. The fourth-order valence-electron chi connectivity index (χ4n) is 2.07. The second kappa shape index (κ2) is 6.23. The average Bonchev–Trinajstić information content (AvgIpc) is 2.85. The lowest BCUT2D eigenvalue weighted by Crippen LogP contribution is -2.08. The van der Waals surface area contributed by atoms with E-state index in [1.807, 2.05) is 36.0 Å². The molecule has 0 saturated carbocycles. The highest BCUT2D eigenvalue weighted by Gasteiger charge is 2.11. The van der Waals surface area contributed by atoms with Gasteiger partial charge in [0.05, 0.1) is 12.1 Å². The van der Waals surface area contributed by atoms with E-state index in [4.69, 9.17) is 11.6 Å². The Bertz CT molecular complexity index is 598. The molecule has 2 rings (SSSR count). The van der Waals surface area contributed by atoms with Crippen molar-refractivity contribution in [3.05, 3.63) is 52.3 Å². The van der Waals surface area contributed by atoms with Crippen LogP contribution in [-0.2, 0) is 6.42 Å². The molecule has 0 radical (unpaired) electrons. The largest absolute Gasteiger partial charge is 0.294 e. The number of Topliss-reactive ketones (excluding diaryl/α,β-unsaturated/α-hetero) is 1. The smallest absolute Gasteiger partial charge is 0.168 e. The van der Waals surface area contributed by atoms with Crippen LogP contribution in [0.5, 0.6) is 0 Å². The second-order valence-electron chi connectivity index (χ2n) is 5.16. The standard InChI is InChI=1S/C16H19ClN2O/c1-4-12(3)19-6-5-15(18-19)10-16(20)13-7-11(2)8-14(17)9-13/h5-9,12H,4,10H2,1-3H3. The highest BCUT2D eigenvalue weighted by Crippen LogP contribution is 2.17. The topological polar surface area (TPSA) is 34.9 Å². The summed E-state index contributed by atoms with van der Waals surface area (Å²) in [5, 5.41) is 5.05. The zero-order valence-corrected chi connectivity index (χ0v) is 12.8. The van der Waals surface area contributed by atoms with Crippen LogP contribution >= 0.6 is 11.6 Å². The van der Waals surface area contributed by atoms with Crippen LogP contribution in [0.15, 0.2) is 30.5 Å². The van der Waals surface area contributed by atoms with Crippen LogP contribution in [-0.4, -0.2) is 15.6 Å². The number of benzene rings is 1. The number of rotatable bonds is 5. The molecule has 1 aromatic carbocycles. The van der Waals surface area contributed by atoms with E-state index in [1.165, 1.54) is 0 Å². The first-order valence-electron chi connectivity index (χ1n) is 6.84. The van der Waals surface area contributed by atoms with Crippen LogP contribution in [0.4, 0.5) is 0 Å². The van der Waals surface area contributed by atoms with Crippen molar-refractivity contribution >= 4 is 17.4 Å². The first kappa shape index (κ1) is 14.8. The monoisotopic (exact) mass is 290 g/mol. The Morgan fingerprint density at radius 1 is 1.40 bits per heavy atom. The first-order chi connectivity index (χ1) is 9.49. The average molecular weight is 291 g/mol. The van der Waals surface area contributed by atoms with Gasteiger partial charge in [-0.2, -0.15) is 5.10 Å². The number of aryl methyl sites for hydroxylation is 1. The molecule has 0 saturated heterocycles. The molecule has 2 aromatic rings. The van der Waals surface area contributed by atoms with Crippen LogP contribution in [0.1, 0.15) is 47.9 Å². The van der Waals surface area contributed by atoms with E-state index in [0.29, 0.717) is 23.0 Å². The number of hydrogen-bond donors (Lipinski definition) is 0. The SMILES string of the molecule is CCC(C)n1ccc(CC(=O)c2cc(C)cc(Cl)c2)n1. The predicted octanol–water partition coefficient (Wildman–Crippen LogP) is 4.24. The van der Waals surface area contributed by atoms with Crippen LogP contribution in [0.3, 0.4) is 0 Å². The lowest BCUT2D eigenvalue weighted by Gasteiger charge is -2.08. The molecule has 0 aliphatic heterocycles. The van der Waals surface area contributed by atoms with Gasteiger partial charge in [-0.1, -0.05) is 18.5 Å². The molecule has 3 nitrogen and oxygen atoms in total. The zero-order valence-electron chi connectivity index (χ0n) is 12.1. The molecule has 0 N–H and O–H groups in total. The van der Waals surface area contributed by atoms with E-state index in [-0.39, 0.29) is 5.78 Å². The first-order valence-corrected chi connectivity index (χ1v) is 7.21. The maximum absolute atomic E-state index is 12.3. The van der Waals surface area contributed by atoms with Crippen molar-refractivity contribution in [2.45, 2.75) is 39.7 Å². The molecule has 1 unspecified atom stereocenters. The van der Waals surface area contributed by atoms with Crippen LogP contribution in [0.25, 0.3) is 0 Å². The number of ketones is 1. The van der Waals surface area contributed by atoms with Crippen molar-refractivity contribution in [2.75, 3.05) is 0 Å². The van der Waals surface area contributed by atoms with Gasteiger partial charge in [0.15, 0.2) is 5.78 Å². The highest BCUT2D eigenvalue weighted by atomic mass is 35.5. The summed E-state index contributed by atoms with van der Waals surface area (Å²) in [6.07, 6.45) is 3.26. The summed E-state index contributed by atoms with van der Waals surface area (Å²) >= 11 is 5.99. The molecule has 106 valence electrons. The van der Waals surface area contributed by atoms with Gasteiger partial charge in [-0.15, -0.1) is 0 Å². The molecule has 0 bridgehead atoms. The summed E-state index contributed by atoms with van der Waals surface area (Å²) in [4.78, 5) is 12.3. The van der Waals surface area contributed by atoms with Gasteiger partial charge in [0.25, 0.3) is 0 Å². The molecule has 0 aliphatic carbocycles. The Hall–Kier alpha value is -1.61. The third-order valence-corrected chi connectivity index (χ3v) is 3.63. The molecule has 1 aromatic heterocycles. The lowest BCUT2D eigenvalue weighted by molar-refractivity contribution is 0.0991. The molecule has 1 atom stereocenters. The Balaban J connectivity index is 2.13. The highest BCUT2D eigenvalue weighted by molar-refractivity contribution is 6.31. The van der Waals surface area contributed by atoms with Crippen LogP contribution in [0, 0.1) is 6.92 Å². The molecule has 0 fully saturated rings. The molecular weight excluding hydrogens is 272 g/mol. The summed E-state index contributed by atoms with van der Waals surface area (Å²) in [6.45, 7) is 6.16. The fourth-order valence-corrected chi connectivity index (χ4v) is 2.36. The van der Waals surface area contributed by atoms with Crippen molar-refractivity contribution in [2.24, 2.45) is 0 Å². The van der Waals surface area contributed by atoms with E-state index in [9.17, 15) is 4.79 Å². The van der Waals surface area contributed by atoms with Gasteiger partial charge in [0.2, 0.25) is 0 Å². The summed E-state index contributed by atoms with van der Waals surface area (Å²) in [5.74, 6) is 0.0463. The predicted molar refractivity (Wildman–Crippen MR) is 81.5 cm³/mol. The minimum absolute atomic E-state index is 0.0463. The Morgan fingerprint density at radius 2 is 2.15 bits per heavy atom. The number of nitrogens with zero attached hydrogens (tertiary/aromatic N) is 2. The van der Waals surface area contributed by atoms with Gasteiger partial charge in [-0.05, 0) is 50.1 Å². The number of carbonyl (C=O) groups excluding carboxylic acids is 1. The Morgan fingerprint density at radius 3 is 2.80 bits per heavy atom. The van der Waals surface area contributed by atoms with E-state index in [1.54, 1.807) is 6.07 Å². The van der Waals surface area contributed by atoms with Crippen molar-refractivity contribution in [1.82, 2.24) is 9.78 Å².